The van der Waals surface area contributed by atoms with Crippen LogP contribution in [0.4, 0.5) is 0 Å². The van der Waals surface area contributed by atoms with Crippen molar-refractivity contribution < 1.29 is 9.90 Å². The molecule has 0 aromatic carbocycles. The molecule has 2 aromatic rings. The Hall–Kier alpha value is -1.24. The first-order chi connectivity index (χ1) is 8.52. The molecule has 0 saturated carbocycles. The first-order valence-electron chi connectivity index (χ1n) is 5.44. The van der Waals surface area contributed by atoms with Crippen LogP contribution in [0.3, 0.4) is 0 Å². The molecule has 0 aliphatic carbocycles. The van der Waals surface area contributed by atoms with Crippen molar-refractivity contribution in [3.63, 3.8) is 0 Å². The van der Waals surface area contributed by atoms with Crippen molar-refractivity contribution in [2.45, 2.75) is 19.4 Å². The smallest absolute Gasteiger partial charge is 0.271 e. The van der Waals surface area contributed by atoms with E-state index in [1.807, 2.05) is 17.5 Å². The second-order valence-electron chi connectivity index (χ2n) is 4.51. The Labute approximate surface area is 113 Å². The number of thiazole rings is 1. The monoisotopic (exact) mass is 282 g/mol. The number of nitrogens with one attached hydrogen (secondary N) is 1. The number of aromatic nitrogens is 1. The Morgan fingerprint density at radius 1 is 1.50 bits per heavy atom. The van der Waals surface area contributed by atoms with Crippen LogP contribution < -0.4 is 5.32 Å². The van der Waals surface area contributed by atoms with E-state index >= 15 is 0 Å². The first kappa shape index (κ1) is 13.2. The number of thiophene rings is 1. The number of aliphatic hydroxyl groups excluding tert-OH is 1. The normalized spacial score (nSPS) is 11.5. The maximum Gasteiger partial charge on any atom is 0.271 e. The van der Waals surface area contributed by atoms with Crippen LogP contribution in [-0.2, 0) is 0 Å². The van der Waals surface area contributed by atoms with E-state index in [0.29, 0.717) is 5.69 Å². The highest BCUT2D eigenvalue weighted by atomic mass is 32.1. The van der Waals surface area contributed by atoms with Crippen molar-refractivity contribution in [2.24, 2.45) is 0 Å². The van der Waals surface area contributed by atoms with Gasteiger partial charge in [-0.05, 0) is 25.3 Å². The van der Waals surface area contributed by atoms with Gasteiger partial charge >= 0.3 is 0 Å². The van der Waals surface area contributed by atoms with Crippen LogP contribution in [0.15, 0.2) is 22.9 Å². The molecule has 0 bridgehead atoms. The van der Waals surface area contributed by atoms with Gasteiger partial charge in [0.1, 0.15) is 10.7 Å². The standard InChI is InChI=1S/C12H14N2O2S2/c1-12(2,7-15)14-10(16)8-6-18-11(13-8)9-4-3-5-17-9/h3-6,15H,7H2,1-2H3,(H,14,16). The average molecular weight is 282 g/mol. The molecular weight excluding hydrogens is 268 g/mol. The van der Waals surface area contributed by atoms with Gasteiger partial charge in [-0.15, -0.1) is 22.7 Å². The van der Waals surface area contributed by atoms with Gasteiger partial charge in [0.05, 0.1) is 17.0 Å². The van der Waals surface area contributed by atoms with Crippen LogP contribution in [-0.4, -0.2) is 28.1 Å². The van der Waals surface area contributed by atoms with Crippen molar-refractivity contribution in [3.8, 4) is 9.88 Å². The van der Waals surface area contributed by atoms with Crippen LogP contribution in [0.2, 0.25) is 0 Å². The highest BCUT2D eigenvalue weighted by Gasteiger charge is 2.21. The van der Waals surface area contributed by atoms with Gasteiger partial charge < -0.3 is 10.4 Å². The number of nitrogens with zero attached hydrogens (tertiary/aromatic N) is 1. The SMILES string of the molecule is CC(C)(CO)NC(=O)c1csc(-c2cccs2)n1. The number of carbonyl (C=O) groups excluding carboxylic acids is 1. The zero-order chi connectivity index (χ0) is 13.2. The summed E-state index contributed by atoms with van der Waals surface area (Å²) in [6.45, 7) is 3.41. The molecule has 0 atom stereocenters. The van der Waals surface area contributed by atoms with E-state index in [1.54, 1.807) is 30.6 Å². The quantitative estimate of drug-likeness (QED) is 0.905. The van der Waals surface area contributed by atoms with Crippen LogP contribution in [0, 0.1) is 0 Å². The van der Waals surface area contributed by atoms with Gasteiger partial charge in [-0.25, -0.2) is 4.98 Å². The highest BCUT2D eigenvalue weighted by molar-refractivity contribution is 7.20. The molecular formula is C12H14N2O2S2. The fraction of sp³-hybridized carbons (Fsp3) is 0.333. The minimum absolute atomic E-state index is 0.110. The van der Waals surface area contributed by atoms with E-state index in [1.165, 1.54) is 11.3 Å². The maximum atomic E-state index is 11.9. The third kappa shape index (κ3) is 2.95. The summed E-state index contributed by atoms with van der Waals surface area (Å²) in [6, 6.07) is 3.93. The highest BCUT2D eigenvalue weighted by Crippen LogP contribution is 2.27. The zero-order valence-corrected chi connectivity index (χ0v) is 11.8. The van der Waals surface area contributed by atoms with Crippen molar-refractivity contribution in [1.29, 1.82) is 0 Å². The lowest BCUT2D eigenvalue weighted by atomic mass is 10.1. The summed E-state index contributed by atoms with van der Waals surface area (Å²) in [7, 11) is 0. The summed E-state index contributed by atoms with van der Waals surface area (Å²) in [5.74, 6) is -0.256. The Bertz CT molecular complexity index is 532. The molecule has 0 aliphatic rings. The van der Waals surface area contributed by atoms with Crippen LogP contribution >= 0.6 is 22.7 Å². The van der Waals surface area contributed by atoms with Crippen LogP contribution in [0.5, 0.6) is 0 Å². The summed E-state index contributed by atoms with van der Waals surface area (Å²) < 4.78 is 0. The molecule has 0 unspecified atom stereocenters. The largest absolute Gasteiger partial charge is 0.394 e. The number of aliphatic hydroxyl groups is 1. The van der Waals surface area contributed by atoms with Gasteiger partial charge in [0, 0.05) is 5.38 Å². The topological polar surface area (TPSA) is 62.2 Å². The summed E-state index contributed by atoms with van der Waals surface area (Å²) >= 11 is 3.04. The van der Waals surface area contributed by atoms with Crippen molar-refractivity contribution >= 4 is 28.6 Å². The van der Waals surface area contributed by atoms with E-state index in [9.17, 15) is 4.79 Å². The second kappa shape index (κ2) is 5.17. The molecule has 0 fully saturated rings. The molecule has 0 spiro atoms. The molecule has 1 amide bonds. The number of rotatable bonds is 4. The summed E-state index contributed by atoms with van der Waals surface area (Å²) in [5.41, 5.74) is -0.242. The molecule has 2 heterocycles. The minimum atomic E-state index is -0.635. The van der Waals surface area contributed by atoms with Crippen molar-refractivity contribution in [1.82, 2.24) is 10.3 Å². The lowest BCUT2D eigenvalue weighted by Gasteiger charge is -2.22. The molecule has 96 valence electrons. The summed E-state index contributed by atoms with van der Waals surface area (Å²) in [5, 5.41) is 16.4. The fourth-order valence-corrected chi connectivity index (χ4v) is 2.92. The van der Waals surface area contributed by atoms with Crippen LogP contribution in [0.25, 0.3) is 9.88 Å². The van der Waals surface area contributed by atoms with Gasteiger partial charge in [-0.1, -0.05) is 6.07 Å². The van der Waals surface area contributed by atoms with Gasteiger partial charge in [0.15, 0.2) is 0 Å². The zero-order valence-electron chi connectivity index (χ0n) is 10.1. The van der Waals surface area contributed by atoms with E-state index in [-0.39, 0.29) is 12.5 Å². The summed E-state index contributed by atoms with van der Waals surface area (Å²) in [4.78, 5) is 17.3. The minimum Gasteiger partial charge on any atom is -0.394 e. The van der Waals surface area contributed by atoms with E-state index in [0.717, 1.165) is 9.88 Å². The molecule has 2 rings (SSSR count). The molecule has 2 N–H and O–H groups in total. The lowest BCUT2D eigenvalue weighted by Crippen LogP contribution is -2.46. The number of amides is 1. The van der Waals surface area contributed by atoms with Crippen LogP contribution in [0.1, 0.15) is 24.3 Å². The molecule has 2 aromatic heterocycles. The molecule has 0 aliphatic heterocycles. The maximum absolute atomic E-state index is 11.9. The van der Waals surface area contributed by atoms with E-state index < -0.39 is 5.54 Å². The van der Waals surface area contributed by atoms with E-state index in [2.05, 4.69) is 10.3 Å². The van der Waals surface area contributed by atoms with Gasteiger partial charge in [0.25, 0.3) is 5.91 Å². The van der Waals surface area contributed by atoms with Gasteiger partial charge in [0.2, 0.25) is 0 Å². The lowest BCUT2D eigenvalue weighted by molar-refractivity contribution is 0.0865. The van der Waals surface area contributed by atoms with E-state index in [4.69, 9.17) is 5.11 Å². The van der Waals surface area contributed by atoms with Gasteiger partial charge in [-0.3, -0.25) is 4.79 Å². The average Bonchev–Trinajstić information content (AvgIpc) is 2.99. The summed E-state index contributed by atoms with van der Waals surface area (Å²) in [6.07, 6.45) is 0. The molecule has 18 heavy (non-hydrogen) atoms. The molecule has 6 heteroatoms. The molecule has 0 saturated heterocycles. The number of carbonyl (C=O) groups is 1. The first-order valence-corrected chi connectivity index (χ1v) is 7.20. The number of hydrogen-bond donors (Lipinski definition) is 2. The predicted octanol–water partition coefficient (Wildman–Crippen LogP) is 2.37. The Morgan fingerprint density at radius 3 is 2.89 bits per heavy atom. The third-order valence-electron chi connectivity index (χ3n) is 2.32. The third-order valence-corrected chi connectivity index (χ3v) is 4.20. The molecule has 4 nitrogen and oxygen atoms in total. The second-order valence-corrected chi connectivity index (χ2v) is 6.32. The number of hydrogen-bond acceptors (Lipinski definition) is 5. The van der Waals surface area contributed by atoms with Crippen molar-refractivity contribution in [2.75, 3.05) is 6.61 Å². The predicted molar refractivity (Wildman–Crippen MR) is 74.1 cm³/mol. The molecule has 0 radical (unpaired) electrons. The Balaban J connectivity index is 2.13. The van der Waals surface area contributed by atoms with Gasteiger partial charge in [-0.2, -0.15) is 0 Å². The van der Waals surface area contributed by atoms with Crippen molar-refractivity contribution in [3.05, 3.63) is 28.6 Å². The Kier molecular flexibility index (Phi) is 3.79. The Morgan fingerprint density at radius 2 is 2.28 bits per heavy atom. The fourth-order valence-electron chi connectivity index (χ4n) is 1.30.